The summed E-state index contributed by atoms with van der Waals surface area (Å²) in [4.78, 5) is 23.3. The van der Waals surface area contributed by atoms with Crippen molar-refractivity contribution in [2.24, 2.45) is 5.92 Å². The van der Waals surface area contributed by atoms with Crippen LogP contribution in [0, 0.1) is 5.92 Å². The second kappa shape index (κ2) is 5.35. The summed E-state index contributed by atoms with van der Waals surface area (Å²) in [5.74, 6) is 0.740. The molecular weight excluding hydrogens is 284 g/mol. The molecule has 0 aliphatic carbocycles. The first-order valence-electron chi connectivity index (χ1n) is 7.48. The van der Waals surface area contributed by atoms with Gasteiger partial charge < -0.3 is 10.2 Å². The number of pyridine rings is 1. The van der Waals surface area contributed by atoms with Gasteiger partial charge in [-0.3, -0.25) is 9.78 Å². The number of hydrogen-bond acceptors (Lipinski definition) is 5. The van der Waals surface area contributed by atoms with Gasteiger partial charge >= 0.3 is 0 Å². The zero-order valence-electron chi connectivity index (χ0n) is 11.8. The molecule has 21 heavy (non-hydrogen) atoms. The van der Waals surface area contributed by atoms with Gasteiger partial charge in [0.15, 0.2) is 0 Å². The third-order valence-electron chi connectivity index (χ3n) is 4.62. The lowest BCUT2D eigenvalue weighted by atomic mass is 9.84. The van der Waals surface area contributed by atoms with Crippen LogP contribution in [0.1, 0.15) is 18.5 Å². The molecule has 1 amide bonds. The predicted molar refractivity (Wildman–Crippen MR) is 82.2 cm³/mol. The molecule has 2 aromatic rings. The van der Waals surface area contributed by atoms with Gasteiger partial charge in [-0.1, -0.05) is 0 Å². The van der Waals surface area contributed by atoms with Crippen molar-refractivity contribution >= 4 is 27.5 Å². The van der Waals surface area contributed by atoms with Gasteiger partial charge in [-0.15, -0.1) is 11.3 Å². The van der Waals surface area contributed by atoms with Crippen molar-refractivity contribution in [1.82, 2.24) is 20.2 Å². The molecule has 6 heteroatoms. The van der Waals surface area contributed by atoms with Gasteiger partial charge in [-0.2, -0.15) is 0 Å². The van der Waals surface area contributed by atoms with Crippen LogP contribution in [0.5, 0.6) is 0 Å². The van der Waals surface area contributed by atoms with E-state index in [0.29, 0.717) is 18.4 Å². The molecule has 1 N–H and O–H groups in total. The highest BCUT2D eigenvalue weighted by molar-refractivity contribution is 7.16. The van der Waals surface area contributed by atoms with E-state index in [1.165, 1.54) is 25.9 Å². The SMILES string of the molecule is O=C(Cc1cc2ncsc2cn1)N[C@H]1CN2CCC1CC2. The number of aromatic nitrogens is 2. The van der Waals surface area contributed by atoms with Gasteiger partial charge in [-0.05, 0) is 37.9 Å². The number of fused-ring (bicyclic) bond motifs is 4. The Morgan fingerprint density at radius 1 is 1.38 bits per heavy atom. The molecule has 0 saturated carbocycles. The zero-order valence-corrected chi connectivity index (χ0v) is 12.6. The van der Waals surface area contributed by atoms with Gasteiger partial charge in [0, 0.05) is 18.8 Å². The van der Waals surface area contributed by atoms with Crippen molar-refractivity contribution in [2.75, 3.05) is 19.6 Å². The molecular formula is C15H18N4OS. The maximum absolute atomic E-state index is 12.2. The molecule has 0 aromatic carbocycles. The normalized spacial score (nSPS) is 27.9. The number of nitrogens with zero attached hydrogens (tertiary/aromatic N) is 3. The van der Waals surface area contributed by atoms with E-state index in [1.807, 2.05) is 17.8 Å². The lowest BCUT2D eigenvalue weighted by molar-refractivity contribution is -0.122. The van der Waals surface area contributed by atoms with Crippen molar-refractivity contribution in [3.05, 3.63) is 23.5 Å². The first-order chi connectivity index (χ1) is 10.3. The topological polar surface area (TPSA) is 58.1 Å². The first-order valence-corrected chi connectivity index (χ1v) is 8.36. The molecule has 5 nitrogen and oxygen atoms in total. The Hall–Kier alpha value is -1.53. The average Bonchev–Trinajstić information content (AvgIpc) is 2.96. The highest BCUT2D eigenvalue weighted by Crippen LogP contribution is 2.27. The van der Waals surface area contributed by atoms with Gasteiger partial charge in [0.25, 0.3) is 0 Å². The minimum Gasteiger partial charge on any atom is -0.351 e. The van der Waals surface area contributed by atoms with Crippen molar-refractivity contribution in [3.8, 4) is 0 Å². The molecule has 0 unspecified atom stereocenters. The monoisotopic (exact) mass is 302 g/mol. The Morgan fingerprint density at radius 3 is 3.00 bits per heavy atom. The maximum Gasteiger partial charge on any atom is 0.226 e. The lowest BCUT2D eigenvalue weighted by Gasteiger charge is -2.44. The number of hydrogen-bond donors (Lipinski definition) is 1. The smallest absolute Gasteiger partial charge is 0.226 e. The highest BCUT2D eigenvalue weighted by Gasteiger charge is 2.34. The lowest BCUT2D eigenvalue weighted by Crippen LogP contribution is -2.57. The summed E-state index contributed by atoms with van der Waals surface area (Å²) in [5, 5.41) is 3.20. The van der Waals surface area contributed by atoms with Crippen LogP contribution in [0.25, 0.3) is 10.2 Å². The summed E-state index contributed by atoms with van der Waals surface area (Å²) in [6, 6.07) is 2.24. The van der Waals surface area contributed by atoms with E-state index in [-0.39, 0.29) is 5.91 Å². The summed E-state index contributed by atoms with van der Waals surface area (Å²) in [6.45, 7) is 3.40. The van der Waals surface area contributed by atoms with E-state index in [4.69, 9.17) is 0 Å². The molecule has 110 valence electrons. The Bertz CT molecular complexity index is 662. The Labute approximate surface area is 127 Å². The quantitative estimate of drug-likeness (QED) is 0.932. The van der Waals surface area contributed by atoms with Crippen LogP contribution in [0.3, 0.4) is 0 Å². The summed E-state index contributed by atoms with van der Waals surface area (Å²) in [6.07, 6.45) is 4.59. The van der Waals surface area contributed by atoms with Crippen LogP contribution in [0.4, 0.5) is 0 Å². The minimum absolute atomic E-state index is 0.0795. The summed E-state index contributed by atoms with van der Waals surface area (Å²) < 4.78 is 1.07. The highest BCUT2D eigenvalue weighted by atomic mass is 32.1. The second-order valence-corrected chi connectivity index (χ2v) is 6.87. The molecule has 5 heterocycles. The molecule has 0 radical (unpaired) electrons. The molecule has 3 saturated heterocycles. The fraction of sp³-hybridized carbons (Fsp3) is 0.533. The van der Waals surface area contributed by atoms with Crippen LogP contribution < -0.4 is 5.32 Å². The Kier molecular flexibility index (Phi) is 3.35. The van der Waals surface area contributed by atoms with Gasteiger partial charge in [-0.25, -0.2) is 4.98 Å². The molecule has 3 aliphatic rings. The zero-order chi connectivity index (χ0) is 14.2. The molecule has 0 spiro atoms. The van der Waals surface area contributed by atoms with Crippen LogP contribution in [-0.2, 0) is 11.2 Å². The van der Waals surface area contributed by atoms with Crippen LogP contribution in [-0.4, -0.2) is 46.5 Å². The number of nitrogens with one attached hydrogen (secondary N) is 1. The van der Waals surface area contributed by atoms with Crippen LogP contribution in [0.15, 0.2) is 17.8 Å². The first kappa shape index (κ1) is 13.2. The van der Waals surface area contributed by atoms with E-state index >= 15 is 0 Å². The molecule has 2 bridgehead atoms. The second-order valence-electron chi connectivity index (χ2n) is 5.98. The molecule has 3 fully saturated rings. The van der Waals surface area contributed by atoms with Crippen molar-refractivity contribution < 1.29 is 4.79 Å². The van der Waals surface area contributed by atoms with E-state index in [2.05, 4.69) is 20.2 Å². The molecule has 1 atom stereocenters. The summed E-state index contributed by atoms with van der Waals surface area (Å²) in [5.41, 5.74) is 3.54. The standard InChI is InChI=1S/C15H18N4OS/c20-15(18-13-8-19-3-1-10(13)2-4-19)6-11-5-12-14(7-16-11)21-9-17-12/h5,7,9-10,13H,1-4,6,8H2,(H,18,20)/t13-/m0/s1. The van der Waals surface area contributed by atoms with Gasteiger partial charge in [0.05, 0.1) is 27.8 Å². The predicted octanol–water partition coefficient (Wildman–Crippen LogP) is 1.44. The average molecular weight is 302 g/mol. The van der Waals surface area contributed by atoms with Gasteiger partial charge in [0.1, 0.15) is 0 Å². The molecule has 3 aliphatic heterocycles. The van der Waals surface area contributed by atoms with Crippen LogP contribution >= 0.6 is 11.3 Å². The van der Waals surface area contributed by atoms with E-state index in [0.717, 1.165) is 22.5 Å². The largest absolute Gasteiger partial charge is 0.351 e. The number of thiazole rings is 1. The van der Waals surface area contributed by atoms with E-state index in [9.17, 15) is 4.79 Å². The number of amides is 1. The summed E-state index contributed by atoms with van der Waals surface area (Å²) in [7, 11) is 0. The van der Waals surface area contributed by atoms with Crippen LogP contribution in [0.2, 0.25) is 0 Å². The van der Waals surface area contributed by atoms with E-state index in [1.54, 1.807) is 11.3 Å². The number of piperidine rings is 3. The third kappa shape index (κ3) is 2.65. The molecule has 5 rings (SSSR count). The van der Waals surface area contributed by atoms with Crippen molar-refractivity contribution in [3.63, 3.8) is 0 Å². The van der Waals surface area contributed by atoms with E-state index < -0.39 is 0 Å². The number of carbonyl (C=O) groups excluding carboxylic acids is 1. The Morgan fingerprint density at radius 2 is 2.24 bits per heavy atom. The number of carbonyl (C=O) groups is 1. The Balaban J connectivity index is 1.41. The third-order valence-corrected chi connectivity index (χ3v) is 5.40. The summed E-state index contributed by atoms with van der Waals surface area (Å²) >= 11 is 1.57. The van der Waals surface area contributed by atoms with Gasteiger partial charge in [0.2, 0.25) is 5.91 Å². The minimum atomic E-state index is 0.0795. The molecule has 2 aromatic heterocycles. The fourth-order valence-corrected chi connectivity index (χ4v) is 4.08. The van der Waals surface area contributed by atoms with Crippen molar-refractivity contribution in [2.45, 2.75) is 25.3 Å². The fourth-order valence-electron chi connectivity index (χ4n) is 3.45. The van der Waals surface area contributed by atoms with Crippen molar-refractivity contribution in [1.29, 1.82) is 0 Å². The maximum atomic E-state index is 12.2. The number of rotatable bonds is 3.